The molecule has 1 aliphatic rings. The monoisotopic (exact) mass is 384 g/mol. The molecule has 0 bridgehead atoms. The maximum atomic E-state index is 14.4. The van der Waals surface area contributed by atoms with Gasteiger partial charge in [-0.3, -0.25) is 0 Å². The van der Waals surface area contributed by atoms with E-state index in [0.29, 0.717) is 11.5 Å². The van der Waals surface area contributed by atoms with Crippen LogP contribution in [0.5, 0.6) is 5.75 Å². The summed E-state index contributed by atoms with van der Waals surface area (Å²) in [6.45, 7) is 3.45. The summed E-state index contributed by atoms with van der Waals surface area (Å²) in [4.78, 5) is 0. The van der Waals surface area contributed by atoms with E-state index < -0.39 is 34.9 Å². The second-order valence-corrected chi connectivity index (χ2v) is 7.32. The standard InChI is InChI=1S/C21H21F5O/c1-12-3-6-14(7-4-12)15-8-9-16(17(22)11-15)21(25,26)27-18-10-5-13(2)19(23)20(18)24/h5,8-12,14H,3-4,6-7H2,1-2H3. The average Bonchev–Trinajstić information content (AvgIpc) is 2.62. The van der Waals surface area contributed by atoms with Gasteiger partial charge in [-0.15, -0.1) is 0 Å². The SMILES string of the molecule is Cc1ccc(OC(F)(F)c2ccc(C3CCC(C)CC3)cc2F)c(F)c1F. The van der Waals surface area contributed by atoms with Crippen molar-refractivity contribution in [1.29, 1.82) is 0 Å². The maximum absolute atomic E-state index is 14.4. The third kappa shape index (κ3) is 4.09. The molecule has 3 rings (SSSR count). The maximum Gasteiger partial charge on any atom is 0.429 e. The topological polar surface area (TPSA) is 9.23 Å². The summed E-state index contributed by atoms with van der Waals surface area (Å²) in [5.41, 5.74) is -0.372. The minimum atomic E-state index is -4.13. The molecule has 2 aromatic carbocycles. The molecule has 0 spiro atoms. The zero-order chi connectivity index (χ0) is 19.8. The Hall–Kier alpha value is -2.11. The van der Waals surface area contributed by atoms with Gasteiger partial charge in [0.15, 0.2) is 11.6 Å². The minimum Gasteiger partial charge on any atom is -0.426 e. The molecular weight excluding hydrogens is 363 g/mol. The molecule has 0 radical (unpaired) electrons. The van der Waals surface area contributed by atoms with Crippen molar-refractivity contribution in [2.45, 2.75) is 51.6 Å². The molecule has 1 nitrogen and oxygen atoms in total. The van der Waals surface area contributed by atoms with E-state index in [1.54, 1.807) is 0 Å². The molecular formula is C21H21F5O. The fourth-order valence-electron chi connectivity index (χ4n) is 3.51. The third-order valence-electron chi connectivity index (χ3n) is 5.27. The number of rotatable bonds is 4. The Morgan fingerprint density at radius 2 is 1.59 bits per heavy atom. The highest BCUT2D eigenvalue weighted by Crippen LogP contribution is 2.39. The first-order valence-corrected chi connectivity index (χ1v) is 9.00. The molecule has 0 atom stereocenters. The summed E-state index contributed by atoms with van der Waals surface area (Å²) >= 11 is 0. The largest absolute Gasteiger partial charge is 0.429 e. The lowest BCUT2D eigenvalue weighted by molar-refractivity contribution is -0.189. The minimum absolute atomic E-state index is 0.0412. The van der Waals surface area contributed by atoms with Crippen molar-refractivity contribution in [3.05, 3.63) is 64.5 Å². The van der Waals surface area contributed by atoms with Gasteiger partial charge in [-0.2, -0.15) is 13.2 Å². The molecule has 0 N–H and O–H groups in total. The van der Waals surface area contributed by atoms with E-state index in [2.05, 4.69) is 11.7 Å². The van der Waals surface area contributed by atoms with E-state index in [0.717, 1.165) is 49.9 Å². The molecule has 1 fully saturated rings. The lowest BCUT2D eigenvalue weighted by Crippen LogP contribution is -2.24. The van der Waals surface area contributed by atoms with Crippen molar-refractivity contribution in [3.8, 4) is 5.75 Å². The second-order valence-electron chi connectivity index (χ2n) is 7.32. The molecule has 0 heterocycles. The van der Waals surface area contributed by atoms with E-state index in [-0.39, 0.29) is 11.5 Å². The highest BCUT2D eigenvalue weighted by molar-refractivity contribution is 5.33. The van der Waals surface area contributed by atoms with Gasteiger partial charge >= 0.3 is 6.11 Å². The first kappa shape index (κ1) is 19.6. The highest BCUT2D eigenvalue weighted by atomic mass is 19.3. The van der Waals surface area contributed by atoms with Crippen molar-refractivity contribution in [2.75, 3.05) is 0 Å². The number of aryl methyl sites for hydroxylation is 1. The fraction of sp³-hybridized carbons (Fsp3) is 0.429. The number of benzene rings is 2. The number of hydrogen-bond acceptors (Lipinski definition) is 1. The summed E-state index contributed by atoms with van der Waals surface area (Å²) in [6.07, 6.45) is -0.315. The van der Waals surface area contributed by atoms with Crippen molar-refractivity contribution >= 4 is 0 Å². The van der Waals surface area contributed by atoms with E-state index in [9.17, 15) is 22.0 Å². The quantitative estimate of drug-likeness (QED) is 0.525. The Bertz CT molecular complexity index is 826. The molecule has 0 amide bonds. The zero-order valence-corrected chi connectivity index (χ0v) is 15.2. The first-order chi connectivity index (χ1) is 12.7. The number of hydrogen-bond donors (Lipinski definition) is 0. The van der Waals surface area contributed by atoms with Crippen LogP contribution in [-0.4, -0.2) is 0 Å². The Balaban J connectivity index is 1.83. The third-order valence-corrected chi connectivity index (χ3v) is 5.27. The predicted molar refractivity (Wildman–Crippen MR) is 92.4 cm³/mol. The van der Waals surface area contributed by atoms with Crippen LogP contribution in [0.25, 0.3) is 0 Å². The second kappa shape index (κ2) is 7.49. The van der Waals surface area contributed by atoms with Crippen molar-refractivity contribution < 1.29 is 26.7 Å². The smallest absolute Gasteiger partial charge is 0.426 e. The van der Waals surface area contributed by atoms with Crippen LogP contribution in [0.4, 0.5) is 22.0 Å². The molecule has 1 aliphatic carbocycles. The molecule has 27 heavy (non-hydrogen) atoms. The molecule has 1 saturated carbocycles. The van der Waals surface area contributed by atoms with Crippen molar-refractivity contribution in [2.24, 2.45) is 5.92 Å². The van der Waals surface area contributed by atoms with E-state index in [4.69, 9.17) is 0 Å². The van der Waals surface area contributed by atoms with Crippen LogP contribution in [0, 0.1) is 30.3 Å². The van der Waals surface area contributed by atoms with Gasteiger partial charge in [0.05, 0.1) is 5.56 Å². The van der Waals surface area contributed by atoms with Gasteiger partial charge in [-0.25, -0.2) is 8.78 Å². The number of ether oxygens (including phenoxy) is 1. The summed E-state index contributed by atoms with van der Waals surface area (Å²) in [6, 6.07) is 5.54. The van der Waals surface area contributed by atoms with Gasteiger partial charge in [-0.1, -0.05) is 31.9 Å². The van der Waals surface area contributed by atoms with Crippen LogP contribution < -0.4 is 4.74 Å². The molecule has 0 unspecified atom stereocenters. The van der Waals surface area contributed by atoms with Crippen LogP contribution >= 0.6 is 0 Å². The summed E-state index contributed by atoms with van der Waals surface area (Å²) < 4.78 is 74.9. The van der Waals surface area contributed by atoms with Gasteiger partial charge in [-0.05, 0) is 60.9 Å². The van der Waals surface area contributed by atoms with Crippen LogP contribution in [0.3, 0.4) is 0 Å². The Morgan fingerprint density at radius 3 is 2.22 bits per heavy atom. The van der Waals surface area contributed by atoms with Crippen LogP contribution in [0.15, 0.2) is 30.3 Å². The van der Waals surface area contributed by atoms with Gasteiger partial charge in [0.25, 0.3) is 0 Å². The average molecular weight is 384 g/mol. The fourth-order valence-corrected chi connectivity index (χ4v) is 3.51. The molecule has 0 aliphatic heterocycles. The normalized spacial score (nSPS) is 20.6. The highest BCUT2D eigenvalue weighted by Gasteiger charge is 2.39. The Kier molecular flexibility index (Phi) is 5.45. The van der Waals surface area contributed by atoms with Crippen LogP contribution in [-0.2, 0) is 6.11 Å². The lowest BCUT2D eigenvalue weighted by Gasteiger charge is -2.27. The summed E-state index contributed by atoms with van der Waals surface area (Å²) in [7, 11) is 0. The summed E-state index contributed by atoms with van der Waals surface area (Å²) in [5.74, 6) is -4.12. The van der Waals surface area contributed by atoms with Gasteiger partial charge in [0.2, 0.25) is 5.82 Å². The molecule has 0 saturated heterocycles. The molecule has 0 aromatic heterocycles. The number of alkyl halides is 2. The molecule has 6 heteroatoms. The predicted octanol–water partition coefficient (Wildman–Crippen LogP) is 6.83. The zero-order valence-electron chi connectivity index (χ0n) is 15.2. The Labute approximate surface area is 155 Å². The van der Waals surface area contributed by atoms with Crippen molar-refractivity contribution in [1.82, 2.24) is 0 Å². The first-order valence-electron chi connectivity index (χ1n) is 9.00. The molecule has 146 valence electrons. The molecule has 2 aromatic rings. The van der Waals surface area contributed by atoms with Crippen LogP contribution in [0.1, 0.15) is 55.2 Å². The van der Waals surface area contributed by atoms with Gasteiger partial charge in [0.1, 0.15) is 5.82 Å². The van der Waals surface area contributed by atoms with E-state index in [1.807, 2.05) is 0 Å². The van der Waals surface area contributed by atoms with Crippen molar-refractivity contribution in [3.63, 3.8) is 0 Å². The van der Waals surface area contributed by atoms with E-state index in [1.165, 1.54) is 13.0 Å². The number of halogens is 5. The van der Waals surface area contributed by atoms with Gasteiger partial charge < -0.3 is 4.74 Å². The Morgan fingerprint density at radius 1 is 0.926 bits per heavy atom. The summed E-state index contributed by atoms with van der Waals surface area (Å²) in [5, 5.41) is 0. The van der Waals surface area contributed by atoms with Crippen LogP contribution in [0.2, 0.25) is 0 Å². The lowest BCUT2D eigenvalue weighted by atomic mass is 9.79. The van der Waals surface area contributed by atoms with E-state index >= 15 is 0 Å². The van der Waals surface area contributed by atoms with Gasteiger partial charge in [0, 0.05) is 0 Å².